The molecule has 0 rings (SSSR count). The van der Waals surface area contributed by atoms with E-state index in [2.05, 4.69) is 31.2 Å². The molecule has 6 heteroatoms. The number of likely N-dealkylation sites (N-methyl/N-ethyl adjacent to an activating group) is 1. The van der Waals surface area contributed by atoms with Crippen molar-refractivity contribution in [3.05, 3.63) is 24.3 Å². The minimum Gasteiger partial charge on any atom is -0.373 e. The summed E-state index contributed by atoms with van der Waals surface area (Å²) in [6.45, 7) is 2.30. The van der Waals surface area contributed by atoms with Crippen molar-refractivity contribution in [3.63, 3.8) is 0 Å². The van der Waals surface area contributed by atoms with Crippen LogP contribution in [0.3, 0.4) is 0 Å². The summed E-state index contributed by atoms with van der Waals surface area (Å²) in [5.41, 5.74) is 0. The fourth-order valence-electron chi connectivity index (χ4n) is 3.79. The summed E-state index contributed by atoms with van der Waals surface area (Å²) >= 11 is 0. The summed E-state index contributed by atoms with van der Waals surface area (Å²) in [5, 5.41) is 8.59. The second kappa shape index (κ2) is 17.1. The third-order valence-electron chi connectivity index (χ3n) is 5.52. The Labute approximate surface area is 192 Å². The molecule has 0 heterocycles. The Morgan fingerprint density at radius 2 is 1.10 bits per heavy atom. The molecule has 0 aromatic heterocycles. The van der Waals surface area contributed by atoms with Crippen LogP contribution in [-0.2, 0) is 4.57 Å². The van der Waals surface area contributed by atoms with E-state index in [1.165, 1.54) is 57.8 Å². The summed E-state index contributed by atoms with van der Waals surface area (Å²) in [7, 11) is 0.936. The van der Waals surface area contributed by atoms with Gasteiger partial charge in [0.2, 0.25) is 5.34 Å². The maximum absolute atomic E-state index is 11.8. The average molecular weight is 461 g/mol. The highest BCUT2D eigenvalue weighted by Crippen LogP contribution is 2.52. The summed E-state index contributed by atoms with van der Waals surface area (Å²) in [6.07, 6.45) is 25.5. The van der Waals surface area contributed by atoms with Gasteiger partial charge in [-0.2, -0.15) is 0 Å². The lowest BCUT2D eigenvalue weighted by Crippen LogP contribution is -2.49. The highest BCUT2D eigenvalue weighted by molar-refractivity contribution is 7.53. The predicted octanol–water partition coefficient (Wildman–Crippen LogP) is 6.54. The van der Waals surface area contributed by atoms with Gasteiger partial charge in [0.25, 0.3) is 0 Å². The van der Waals surface area contributed by atoms with Crippen LogP contribution in [-0.4, -0.2) is 52.4 Å². The summed E-state index contributed by atoms with van der Waals surface area (Å²) in [4.78, 5) is 19.2. The quantitative estimate of drug-likeness (QED) is 0.0834. The molecule has 0 spiro atoms. The molecule has 0 aliphatic heterocycles. The number of nitrogens with zero attached hydrogens (tertiary/aromatic N) is 1. The largest absolute Gasteiger partial charge is 0.373 e. The molecule has 0 fully saturated rings. The van der Waals surface area contributed by atoms with Gasteiger partial charge in [0.05, 0.1) is 21.1 Å². The van der Waals surface area contributed by atoms with Crippen molar-refractivity contribution in [2.75, 3.05) is 27.7 Å². The summed E-state index contributed by atoms with van der Waals surface area (Å²) in [5.74, 6) is 0. The average Bonchev–Trinajstić information content (AvgIpc) is 2.65. The first-order chi connectivity index (χ1) is 14.5. The van der Waals surface area contributed by atoms with Crippen molar-refractivity contribution in [2.45, 2.75) is 109 Å². The van der Waals surface area contributed by atoms with Crippen molar-refractivity contribution in [1.82, 2.24) is 0 Å². The molecule has 0 aliphatic rings. The summed E-state index contributed by atoms with van der Waals surface area (Å²) < 4.78 is 12.1. The van der Waals surface area contributed by atoms with Gasteiger partial charge >= 0.3 is 7.60 Å². The fourth-order valence-corrected chi connectivity index (χ4v) is 4.84. The molecule has 184 valence electrons. The molecule has 31 heavy (non-hydrogen) atoms. The van der Waals surface area contributed by atoms with E-state index in [4.69, 9.17) is 0 Å². The number of quaternary nitrogens is 1. The van der Waals surface area contributed by atoms with Crippen LogP contribution in [0.2, 0.25) is 0 Å². The van der Waals surface area contributed by atoms with Crippen molar-refractivity contribution in [3.8, 4) is 0 Å². The third-order valence-corrected chi connectivity index (χ3v) is 6.97. The molecule has 0 aliphatic carbocycles. The lowest BCUT2D eigenvalue weighted by atomic mass is 10.1. The number of hydrogen-bond acceptors (Lipinski definition) is 2. The van der Waals surface area contributed by atoms with E-state index in [0.29, 0.717) is 10.9 Å². The Balaban J connectivity index is 3.74. The van der Waals surface area contributed by atoms with E-state index in [1.807, 2.05) is 21.1 Å². The van der Waals surface area contributed by atoms with Crippen LogP contribution in [0.1, 0.15) is 103 Å². The van der Waals surface area contributed by atoms with Gasteiger partial charge in [-0.05, 0) is 64.2 Å². The van der Waals surface area contributed by atoms with Gasteiger partial charge < -0.3 is 19.4 Å². The predicted molar refractivity (Wildman–Crippen MR) is 133 cm³/mol. The van der Waals surface area contributed by atoms with Crippen molar-refractivity contribution in [2.24, 2.45) is 0 Å². The maximum Gasteiger partial charge on any atom is 0.362 e. The highest BCUT2D eigenvalue weighted by Gasteiger charge is 2.48. The zero-order chi connectivity index (χ0) is 23.6. The lowest BCUT2D eigenvalue weighted by molar-refractivity contribution is -0.875. The number of hydrogen-bond donors (Lipinski definition) is 3. The zero-order valence-corrected chi connectivity index (χ0v) is 21.7. The van der Waals surface area contributed by atoms with E-state index in [9.17, 15) is 19.5 Å². The standard InChI is InChI=1S/C25H50NO4P/c1-5-6-7-8-9-10-11-12-13-14-15-16-17-18-19-20-21-22-23-25(27,31(28,29)30)24-26(2,3)4/h11-12,17-18,27H,5-10,13-16,19-24H2,1-4H3,(H-,28,29,30)/p+1/b12-11-,18-17-. The minimum absolute atomic E-state index is 0.0470. The monoisotopic (exact) mass is 460 g/mol. The molecule has 0 amide bonds. The Morgan fingerprint density at radius 1 is 0.710 bits per heavy atom. The molecular weight excluding hydrogens is 409 g/mol. The van der Waals surface area contributed by atoms with E-state index in [-0.39, 0.29) is 13.0 Å². The van der Waals surface area contributed by atoms with Gasteiger partial charge in [-0.3, -0.25) is 4.57 Å². The number of unbranched alkanes of at least 4 members (excludes halogenated alkanes) is 11. The van der Waals surface area contributed by atoms with E-state index >= 15 is 0 Å². The van der Waals surface area contributed by atoms with Crippen LogP contribution >= 0.6 is 7.60 Å². The second-order valence-corrected chi connectivity index (χ2v) is 11.9. The number of rotatable bonds is 20. The van der Waals surface area contributed by atoms with E-state index < -0.39 is 12.9 Å². The normalized spacial score (nSPS) is 15.2. The molecular formula is C25H51NO4P+. The van der Waals surface area contributed by atoms with Crippen molar-refractivity contribution >= 4 is 7.60 Å². The SMILES string of the molecule is CCCCCCC/C=C\CCCC/C=C\CCCCCC(O)(C[N+](C)(C)C)P(=O)(O)O. The topological polar surface area (TPSA) is 77.8 Å². The Kier molecular flexibility index (Phi) is 16.8. The molecule has 0 aromatic rings. The number of aliphatic hydroxyl groups is 1. The van der Waals surface area contributed by atoms with Crippen LogP contribution in [0.25, 0.3) is 0 Å². The maximum atomic E-state index is 11.8. The van der Waals surface area contributed by atoms with Crippen LogP contribution in [0.5, 0.6) is 0 Å². The van der Waals surface area contributed by atoms with Crippen molar-refractivity contribution < 1.29 is 23.9 Å². The van der Waals surface area contributed by atoms with Gasteiger partial charge in [0.1, 0.15) is 6.54 Å². The molecule has 5 nitrogen and oxygen atoms in total. The smallest absolute Gasteiger partial charge is 0.362 e. The van der Waals surface area contributed by atoms with E-state index in [1.54, 1.807) is 0 Å². The van der Waals surface area contributed by atoms with Crippen LogP contribution in [0.15, 0.2) is 24.3 Å². The van der Waals surface area contributed by atoms with Gasteiger partial charge in [-0.15, -0.1) is 0 Å². The highest BCUT2D eigenvalue weighted by atomic mass is 31.2. The van der Waals surface area contributed by atoms with Gasteiger partial charge in [-0.25, -0.2) is 0 Å². The van der Waals surface area contributed by atoms with Gasteiger partial charge in [-0.1, -0.05) is 63.3 Å². The molecule has 1 atom stereocenters. The van der Waals surface area contributed by atoms with Gasteiger partial charge in [0.15, 0.2) is 0 Å². The molecule has 0 saturated carbocycles. The Hall–Kier alpha value is -0.450. The van der Waals surface area contributed by atoms with Crippen LogP contribution in [0, 0.1) is 0 Å². The van der Waals surface area contributed by atoms with Crippen molar-refractivity contribution in [1.29, 1.82) is 0 Å². The lowest BCUT2D eigenvalue weighted by Gasteiger charge is -2.35. The third kappa shape index (κ3) is 17.7. The van der Waals surface area contributed by atoms with Crippen LogP contribution in [0.4, 0.5) is 0 Å². The summed E-state index contributed by atoms with van der Waals surface area (Å²) in [6, 6.07) is 0. The van der Waals surface area contributed by atoms with E-state index in [0.717, 1.165) is 25.7 Å². The van der Waals surface area contributed by atoms with Gasteiger partial charge in [0, 0.05) is 0 Å². The second-order valence-electron chi connectivity index (χ2n) is 10.0. The first-order valence-corrected chi connectivity index (χ1v) is 14.0. The Morgan fingerprint density at radius 3 is 1.48 bits per heavy atom. The molecule has 3 N–H and O–H groups in total. The molecule has 0 saturated heterocycles. The zero-order valence-electron chi connectivity index (χ0n) is 20.8. The first-order valence-electron chi connectivity index (χ1n) is 12.4. The molecule has 0 bridgehead atoms. The fraction of sp³-hybridized carbons (Fsp3) is 0.840. The molecule has 0 aromatic carbocycles. The molecule has 0 radical (unpaired) electrons. The van der Waals surface area contributed by atoms with Crippen LogP contribution < -0.4 is 0 Å². The number of allylic oxidation sites excluding steroid dienone is 4. The minimum atomic E-state index is -4.56. The Bertz CT molecular complexity index is 536. The molecule has 1 unspecified atom stereocenters. The first kappa shape index (κ1) is 30.6.